The second kappa shape index (κ2) is 6.01. The van der Waals surface area contributed by atoms with Crippen molar-refractivity contribution < 1.29 is 9.57 Å². The summed E-state index contributed by atoms with van der Waals surface area (Å²) in [5.74, 6) is 1.31. The number of pyridine rings is 1. The summed E-state index contributed by atoms with van der Waals surface area (Å²) in [5, 5.41) is 3.78. The van der Waals surface area contributed by atoms with E-state index in [4.69, 9.17) is 9.57 Å². The Bertz CT molecular complexity index is 312. The smallest absolute Gasteiger partial charge is 0.235 e. The van der Waals surface area contributed by atoms with Crippen molar-refractivity contribution in [2.24, 2.45) is 5.16 Å². The third-order valence-electron chi connectivity index (χ3n) is 1.67. The zero-order valence-corrected chi connectivity index (χ0v) is 9.30. The Hall–Kier alpha value is -1.58. The van der Waals surface area contributed by atoms with Crippen LogP contribution in [-0.2, 0) is 4.84 Å². The van der Waals surface area contributed by atoms with Gasteiger partial charge in [-0.05, 0) is 19.1 Å². The number of nitrogens with zero attached hydrogens (tertiary/aromatic N) is 2. The van der Waals surface area contributed by atoms with Crippen LogP contribution >= 0.6 is 0 Å². The minimum absolute atomic E-state index is 0.117. The van der Waals surface area contributed by atoms with E-state index in [1.807, 2.05) is 32.9 Å². The molecule has 0 saturated carbocycles. The van der Waals surface area contributed by atoms with Gasteiger partial charge in [0.25, 0.3) is 0 Å². The van der Waals surface area contributed by atoms with E-state index in [1.54, 1.807) is 12.4 Å². The normalized spacial score (nSPS) is 18.3. The highest BCUT2D eigenvalue weighted by Gasteiger charge is 2.17. The molecular formula is C11H16N2O2. The maximum atomic E-state index is 5.41. The second-order valence-corrected chi connectivity index (χ2v) is 2.90. The molecule has 82 valence electrons. The number of ether oxygens (including phenoxy) is 1. The second-order valence-electron chi connectivity index (χ2n) is 2.90. The van der Waals surface area contributed by atoms with Crippen molar-refractivity contribution in [3.63, 3.8) is 0 Å². The molecule has 4 heteroatoms. The lowest BCUT2D eigenvalue weighted by molar-refractivity contribution is 0.0992. The minimum Gasteiger partial charge on any atom is -0.438 e. The Kier molecular flexibility index (Phi) is 4.60. The standard InChI is InChI=1S/C9H10N2O2.C2H6/c1-7-5-9(11-13-7)12-8-3-2-4-10-6-8;1-2/h2-4,6-7H,5H2,1H3;1-2H3. The van der Waals surface area contributed by atoms with E-state index in [0.29, 0.717) is 11.6 Å². The Morgan fingerprint density at radius 3 is 2.80 bits per heavy atom. The van der Waals surface area contributed by atoms with Gasteiger partial charge in [-0.2, -0.15) is 0 Å². The van der Waals surface area contributed by atoms with Crippen molar-refractivity contribution in [2.45, 2.75) is 33.3 Å². The van der Waals surface area contributed by atoms with E-state index in [0.717, 1.165) is 6.42 Å². The maximum Gasteiger partial charge on any atom is 0.235 e. The quantitative estimate of drug-likeness (QED) is 0.712. The monoisotopic (exact) mass is 208 g/mol. The number of rotatable bonds is 1. The molecule has 1 atom stereocenters. The summed E-state index contributed by atoms with van der Waals surface area (Å²) in [7, 11) is 0. The lowest BCUT2D eigenvalue weighted by Gasteiger charge is -2.01. The molecule has 0 spiro atoms. The van der Waals surface area contributed by atoms with Gasteiger partial charge in [-0.25, -0.2) is 0 Å². The fourth-order valence-electron chi connectivity index (χ4n) is 1.07. The first-order valence-corrected chi connectivity index (χ1v) is 5.15. The van der Waals surface area contributed by atoms with E-state index < -0.39 is 0 Å². The number of hydrogen-bond acceptors (Lipinski definition) is 4. The number of aromatic nitrogens is 1. The largest absolute Gasteiger partial charge is 0.438 e. The van der Waals surface area contributed by atoms with Crippen LogP contribution in [0.3, 0.4) is 0 Å². The molecule has 15 heavy (non-hydrogen) atoms. The van der Waals surface area contributed by atoms with Crippen LogP contribution in [0.2, 0.25) is 0 Å². The maximum absolute atomic E-state index is 5.41. The molecule has 0 fully saturated rings. The summed E-state index contributed by atoms with van der Waals surface area (Å²) in [4.78, 5) is 8.91. The van der Waals surface area contributed by atoms with Gasteiger partial charge in [0.05, 0.1) is 12.6 Å². The fraction of sp³-hybridized carbons (Fsp3) is 0.455. The van der Waals surface area contributed by atoms with Gasteiger partial charge in [0.15, 0.2) is 0 Å². The van der Waals surface area contributed by atoms with Crippen LogP contribution < -0.4 is 4.74 Å². The summed E-state index contributed by atoms with van der Waals surface area (Å²) in [6, 6.07) is 3.65. The summed E-state index contributed by atoms with van der Waals surface area (Å²) >= 11 is 0. The van der Waals surface area contributed by atoms with E-state index in [9.17, 15) is 0 Å². The van der Waals surface area contributed by atoms with Crippen LogP contribution in [0, 0.1) is 0 Å². The molecule has 4 nitrogen and oxygen atoms in total. The van der Waals surface area contributed by atoms with Gasteiger partial charge >= 0.3 is 0 Å². The molecule has 0 aliphatic carbocycles. The molecule has 0 amide bonds. The molecule has 1 unspecified atom stereocenters. The first kappa shape index (κ1) is 11.5. The van der Waals surface area contributed by atoms with Gasteiger partial charge in [0.1, 0.15) is 11.9 Å². The number of hydrogen-bond donors (Lipinski definition) is 0. The molecular weight excluding hydrogens is 192 g/mol. The molecule has 1 aliphatic rings. The molecule has 0 radical (unpaired) electrons. The molecule has 0 bridgehead atoms. The molecule has 0 aromatic carbocycles. The van der Waals surface area contributed by atoms with Crippen molar-refractivity contribution in [3.05, 3.63) is 24.5 Å². The van der Waals surface area contributed by atoms with E-state index in [-0.39, 0.29) is 6.10 Å². The Balaban J connectivity index is 0.000000531. The van der Waals surface area contributed by atoms with Crippen molar-refractivity contribution in [1.29, 1.82) is 0 Å². The molecule has 0 saturated heterocycles. The summed E-state index contributed by atoms with van der Waals surface area (Å²) in [6.07, 6.45) is 4.18. The van der Waals surface area contributed by atoms with Gasteiger partial charge in [-0.1, -0.05) is 19.0 Å². The van der Waals surface area contributed by atoms with Crippen LogP contribution in [0.15, 0.2) is 29.7 Å². The van der Waals surface area contributed by atoms with Crippen LogP contribution in [0.25, 0.3) is 0 Å². The Morgan fingerprint density at radius 1 is 1.47 bits per heavy atom. The van der Waals surface area contributed by atoms with Gasteiger partial charge in [0, 0.05) is 6.20 Å². The third kappa shape index (κ3) is 3.58. The molecule has 2 heterocycles. The highest BCUT2D eigenvalue weighted by Crippen LogP contribution is 2.14. The topological polar surface area (TPSA) is 43.7 Å². The van der Waals surface area contributed by atoms with Gasteiger partial charge in [-0.15, -0.1) is 0 Å². The first-order chi connectivity index (χ1) is 7.34. The van der Waals surface area contributed by atoms with Crippen molar-refractivity contribution in [2.75, 3.05) is 0 Å². The summed E-state index contributed by atoms with van der Waals surface area (Å²) in [5.41, 5.74) is 0. The van der Waals surface area contributed by atoms with Crippen LogP contribution in [0.4, 0.5) is 0 Å². The fourth-order valence-corrected chi connectivity index (χ4v) is 1.07. The highest BCUT2D eigenvalue weighted by molar-refractivity contribution is 5.79. The van der Waals surface area contributed by atoms with Crippen LogP contribution in [-0.4, -0.2) is 17.0 Å². The van der Waals surface area contributed by atoms with Gasteiger partial charge in [-0.3, -0.25) is 4.98 Å². The van der Waals surface area contributed by atoms with Crippen molar-refractivity contribution >= 4 is 5.90 Å². The van der Waals surface area contributed by atoms with Gasteiger partial charge in [0.2, 0.25) is 5.90 Å². The van der Waals surface area contributed by atoms with Crippen molar-refractivity contribution in [3.8, 4) is 5.75 Å². The lowest BCUT2D eigenvalue weighted by atomic mass is 10.3. The SMILES string of the molecule is CC.CC1CC(Oc2cccnc2)=NO1. The van der Waals surface area contributed by atoms with E-state index in [2.05, 4.69) is 10.1 Å². The summed E-state index contributed by atoms with van der Waals surface area (Å²) < 4.78 is 5.41. The Morgan fingerprint density at radius 2 is 2.27 bits per heavy atom. The number of oxime groups is 1. The predicted molar refractivity (Wildman–Crippen MR) is 58.8 cm³/mol. The Labute approximate surface area is 89.9 Å². The van der Waals surface area contributed by atoms with E-state index in [1.165, 1.54) is 0 Å². The van der Waals surface area contributed by atoms with Gasteiger partial charge < -0.3 is 9.57 Å². The van der Waals surface area contributed by atoms with E-state index >= 15 is 0 Å². The molecule has 2 rings (SSSR count). The van der Waals surface area contributed by atoms with Crippen LogP contribution in [0.1, 0.15) is 27.2 Å². The molecule has 1 aromatic rings. The molecule has 1 aromatic heterocycles. The zero-order chi connectivity index (χ0) is 11.1. The molecule has 0 N–H and O–H groups in total. The van der Waals surface area contributed by atoms with Crippen molar-refractivity contribution in [1.82, 2.24) is 4.98 Å². The minimum atomic E-state index is 0.117. The molecule has 1 aliphatic heterocycles. The predicted octanol–water partition coefficient (Wildman–Crippen LogP) is 2.61. The van der Waals surface area contributed by atoms with Crippen LogP contribution in [0.5, 0.6) is 5.75 Å². The average Bonchev–Trinajstić information content (AvgIpc) is 2.68. The highest BCUT2D eigenvalue weighted by atomic mass is 16.7. The zero-order valence-electron chi connectivity index (χ0n) is 9.30. The first-order valence-electron chi connectivity index (χ1n) is 5.15. The summed E-state index contributed by atoms with van der Waals surface area (Å²) in [6.45, 7) is 5.95. The third-order valence-corrected chi connectivity index (χ3v) is 1.67. The average molecular weight is 208 g/mol. The lowest BCUT2D eigenvalue weighted by Crippen LogP contribution is -2.08.